The molecule has 7 heteroatoms. The van der Waals surface area contributed by atoms with Crippen molar-refractivity contribution >= 4 is 34.3 Å². The molecule has 0 aromatic heterocycles. The molecule has 4 atom stereocenters. The van der Waals surface area contributed by atoms with Crippen molar-refractivity contribution in [2.24, 2.45) is 0 Å². The minimum atomic E-state index is -0.488. The van der Waals surface area contributed by atoms with Crippen molar-refractivity contribution in [3.63, 3.8) is 0 Å². The molecule has 0 radical (unpaired) electrons. The van der Waals surface area contributed by atoms with Crippen LogP contribution in [0.1, 0.15) is 56.1 Å². The Morgan fingerprint density at radius 3 is 2.06 bits per heavy atom. The summed E-state index contributed by atoms with van der Waals surface area (Å²) in [6.45, 7) is 10.8. The maximum atomic E-state index is 11.6. The second-order valence-corrected chi connectivity index (χ2v) is 9.29. The van der Waals surface area contributed by atoms with E-state index in [-0.39, 0.29) is 13.2 Å². The highest BCUT2D eigenvalue weighted by Crippen LogP contribution is 2.61. The molecule has 180 valence electrons. The lowest BCUT2D eigenvalue weighted by molar-refractivity contribution is -0.144. The van der Waals surface area contributed by atoms with E-state index in [0.717, 1.165) is 64.8 Å². The van der Waals surface area contributed by atoms with E-state index >= 15 is 0 Å². The first-order valence-corrected chi connectivity index (χ1v) is 11.9. The maximum Gasteiger partial charge on any atom is 0.330 e. The zero-order valence-electron chi connectivity index (χ0n) is 19.5. The highest BCUT2D eigenvalue weighted by atomic mass is 35.5. The van der Waals surface area contributed by atoms with Crippen LogP contribution in [0.15, 0.2) is 43.5 Å². The topological polar surface area (TPSA) is 71.1 Å². The first kappa shape index (κ1) is 24.1. The number of hydrogen-bond donors (Lipinski definition) is 0. The summed E-state index contributed by atoms with van der Waals surface area (Å²) in [6.07, 6.45) is 4.60. The van der Waals surface area contributed by atoms with Gasteiger partial charge in [-0.1, -0.05) is 36.9 Å². The van der Waals surface area contributed by atoms with E-state index in [2.05, 4.69) is 13.2 Å². The van der Waals surface area contributed by atoms with Gasteiger partial charge in [-0.15, -0.1) is 0 Å². The van der Waals surface area contributed by atoms with Gasteiger partial charge in [0.25, 0.3) is 0 Å². The fourth-order valence-corrected chi connectivity index (χ4v) is 5.31. The summed E-state index contributed by atoms with van der Waals surface area (Å²) >= 11 is 6.70. The molecule has 4 unspecified atom stereocenters. The van der Waals surface area contributed by atoms with Crippen LogP contribution in [0, 0.1) is 0 Å². The quantitative estimate of drug-likeness (QED) is 0.311. The molecule has 1 saturated carbocycles. The Morgan fingerprint density at radius 1 is 0.971 bits per heavy atom. The number of carbonyl (C=O) groups is 2. The average Bonchev–Trinajstić information content (AvgIpc) is 3.43. The fraction of sp³-hybridized carbons (Fsp3) is 0.407. The summed E-state index contributed by atoms with van der Waals surface area (Å²) in [5.74, 6) is 1.28. The summed E-state index contributed by atoms with van der Waals surface area (Å²) in [5.41, 5.74) is 2.28. The van der Waals surface area contributed by atoms with Gasteiger partial charge in [0.15, 0.2) is 0 Å². The number of benzene rings is 2. The molecule has 0 amide bonds. The Morgan fingerprint density at radius 2 is 1.50 bits per heavy atom. The smallest absolute Gasteiger partial charge is 0.330 e. The van der Waals surface area contributed by atoms with Crippen molar-refractivity contribution in [1.82, 2.24) is 0 Å². The Labute approximate surface area is 204 Å². The summed E-state index contributed by atoms with van der Waals surface area (Å²) in [4.78, 5) is 23.2. The van der Waals surface area contributed by atoms with E-state index in [4.69, 9.17) is 30.5 Å². The predicted molar refractivity (Wildman–Crippen MR) is 131 cm³/mol. The minimum Gasteiger partial charge on any atom is -0.489 e. The van der Waals surface area contributed by atoms with Crippen LogP contribution in [-0.2, 0) is 19.1 Å². The number of halogens is 1. The molecule has 2 aliphatic rings. The molecule has 0 saturated heterocycles. The lowest BCUT2D eigenvalue weighted by Crippen LogP contribution is -2.22. The third-order valence-electron chi connectivity index (χ3n) is 6.41. The van der Waals surface area contributed by atoms with Gasteiger partial charge in [-0.2, -0.15) is 0 Å². The third kappa shape index (κ3) is 4.64. The van der Waals surface area contributed by atoms with Crippen molar-refractivity contribution in [3.8, 4) is 11.5 Å². The average molecular weight is 485 g/mol. The molecule has 34 heavy (non-hydrogen) atoms. The van der Waals surface area contributed by atoms with Crippen LogP contribution in [0.25, 0.3) is 10.8 Å². The van der Waals surface area contributed by atoms with Crippen molar-refractivity contribution in [3.05, 3.63) is 59.7 Å². The second-order valence-electron chi connectivity index (χ2n) is 8.88. The molecule has 0 aliphatic heterocycles. The number of rotatable bonds is 10. The fourth-order valence-electron chi connectivity index (χ4n) is 5.05. The summed E-state index contributed by atoms with van der Waals surface area (Å²) in [5, 5.41) is 2.19. The van der Waals surface area contributed by atoms with Crippen LogP contribution in [-0.4, -0.2) is 37.4 Å². The molecular formula is C27H29ClO6. The van der Waals surface area contributed by atoms with E-state index in [9.17, 15) is 9.59 Å². The molecule has 0 heterocycles. The molecule has 2 aromatic carbocycles. The van der Waals surface area contributed by atoms with E-state index in [0.29, 0.717) is 16.9 Å². The first-order chi connectivity index (χ1) is 16.3. The summed E-state index contributed by atoms with van der Waals surface area (Å²) in [6, 6.07) is 5.68. The predicted octanol–water partition coefficient (Wildman–Crippen LogP) is 5.85. The Kier molecular flexibility index (Phi) is 7.17. The largest absolute Gasteiger partial charge is 0.489 e. The molecule has 0 N–H and O–H groups in total. The van der Waals surface area contributed by atoms with Crippen molar-refractivity contribution in [2.45, 2.75) is 57.2 Å². The Bertz CT molecular complexity index is 1140. The van der Waals surface area contributed by atoms with Crippen LogP contribution >= 0.6 is 11.6 Å². The van der Waals surface area contributed by atoms with Crippen LogP contribution in [0.4, 0.5) is 0 Å². The standard InChI is InChI=1S/C27H29ClO6/c1-5-21(29)33-15(3)13-31-26-19-8-7-9-20(28)25(19)27(32-14-16(4)34-22(30)6-2)24-18-11-10-17(12-18)23(24)26/h5-9,15-18H,1-2,10-14H2,3-4H3. The van der Waals surface area contributed by atoms with E-state index in [1.807, 2.05) is 18.2 Å². The van der Waals surface area contributed by atoms with Gasteiger partial charge in [-0.25, -0.2) is 9.59 Å². The molecule has 0 spiro atoms. The SMILES string of the molecule is C=CC(=O)OC(C)COc1c2c(c(OCC(C)OC(=O)C=C)c3c(Cl)cccc13)C1CCC2C1. The number of carbonyl (C=O) groups excluding carboxylic acids is 2. The highest BCUT2D eigenvalue weighted by Gasteiger charge is 2.43. The zero-order valence-corrected chi connectivity index (χ0v) is 20.2. The van der Waals surface area contributed by atoms with E-state index in [1.54, 1.807) is 13.8 Å². The maximum absolute atomic E-state index is 11.6. The van der Waals surface area contributed by atoms with Gasteiger partial charge in [-0.05, 0) is 51.0 Å². The van der Waals surface area contributed by atoms with Gasteiger partial charge in [0.1, 0.15) is 36.9 Å². The van der Waals surface area contributed by atoms with Crippen molar-refractivity contribution < 1.29 is 28.5 Å². The normalized spacial score (nSPS) is 19.7. The molecule has 2 aromatic rings. The minimum absolute atomic E-state index is 0.193. The zero-order chi connectivity index (χ0) is 24.4. The van der Waals surface area contributed by atoms with Gasteiger partial charge in [0.05, 0.1) is 5.02 Å². The molecule has 2 aliphatic carbocycles. The molecule has 4 rings (SSSR count). The second kappa shape index (κ2) is 10.1. The molecule has 1 fully saturated rings. The lowest BCUT2D eigenvalue weighted by atomic mass is 9.87. The van der Waals surface area contributed by atoms with Crippen molar-refractivity contribution in [2.75, 3.05) is 13.2 Å². The van der Waals surface area contributed by atoms with E-state index in [1.165, 1.54) is 0 Å². The van der Waals surface area contributed by atoms with Crippen LogP contribution < -0.4 is 9.47 Å². The Balaban J connectivity index is 1.73. The van der Waals surface area contributed by atoms with Crippen LogP contribution in [0.3, 0.4) is 0 Å². The van der Waals surface area contributed by atoms with Gasteiger partial charge < -0.3 is 18.9 Å². The number of fused-ring (bicyclic) bond motifs is 6. The molecular weight excluding hydrogens is 456 g/mol. The third-order valence-corrected chi connectivity index (χ3v) is 6.72. The first-order valence-electron chi connectivity index (χ1n) is 11.5. The van der Waals surface area contributed by atoms with Gasteiger partial charge in [0, 0.05) is 34.1 Å². The van der Waals surface area contributed by atoms with Crippen molar-refractivity contribution in [1.29, 1.82) is 0 Å². The number of ether oxygens (including phenoxy) is 4. The van der Waals surface area contributed by atoms with E-state index < -0.39 is 24.1 Å². The summed E-state index contributed by atoms with van der Waals surface area (Å²) in [7, 11) is 0. The highest BCUT2D eigenvalue weighted by molar-refractivity contribution is 6.36. The van der Waals surface area contributed by atoms with Crippen LogP contribution in [0.5, 0.6) is 11.5 Å². The monoisotopic (exact) mass is 484 g/mol. The molecule has 2 bridgehead atoms. The van der Waals surface area contributed by atoms with Gasteiger partial charge >= 0.3 is 11.9 Å². The summed E-state index contributed by atoms with van der Waals surface area (Å²) < 4.78 is 23.2. The lowest BCUT2D eigenvalue weighted by Gasteiger charge is -2.27. The number of esters is 2. The Hall–Kier alpha value is -2.99. The van der Waals surface area contributed by atoms with Gasteiger partial charge in [0.2, 0.25) is 0 Å². The molecule has 6 nitrogen and oxygen atoms in total. The van der Waals surface area contributed by atoms with Crippen LogP contribution in [0.2, 0.25) is 5.02 Å². The number of hydrogen-bond acceptors (Lipinski definition) is 6. The van der Waals surface area contributed by atoms with Gasteiger partial charge in [-0.3, -0.25) is 0 Å².